The molecular formula is C14H20FN. The van der Waals surface area contributed by atoms with Gasteiger partial charge in [0.05, 0.1) is 0 Å². The van der Waals surface area contributed by atoms with Crippen LogP contribution in [0.25, 0.3) is 0 Å². The van der Waals surface area contributed by atoms with Crippen LogP contribution in [0, 0.1) is 12.7 Å². The largest absolute Gasteiger partial charge is 0.313 e. The number of nitrogens with one attached hydrogen (secondary N) is 1. The van der Waals surface area contributed by atoms with Crippen LogP contribution in [0.4, 0.5) is 4.39 Å². The summed E-state index contributed by atoms with van der Waals surface area (Å²) < 4.78 is 13.1. The van der Waals surface area contributed by atoms with Gasteiger partial charge in [-0.2, -0.15) is 0 Å². The van der Waals surface area contributed by atoms with E-state index in [1.165, 1.54) is 0 Å². The van der Waals surface area contributed by atoms with E-state index in [1.54, 1.807) is 13.0 Å². The van der Waals surface area contributed by atoms with Crippen LogP contribution in [-0.2, 0) is 0 Å². The van der Waals surface area contributed by atoms with Gasteiger partial charge in [-0.15, -0.1) is 6.58 Å². The summed E-state index contributed by atoms with van der Waals surface area (Å²) in [7, 11) is 1.94. The maximum Gasteiger partial charge on any atom is 0.126 e. The van der Waals surface area contributed by atoms with Crippen molar-refractivity contribution in [1.82, 2.24) is 5.32 Å². The molecule has 0 fully saturated rings. The van der Waals surface area contributed by atoms with E-state index in [2.05, 4.69) is 11.9 Å². The Hall–Kier alpha value is -1.15. The molecule has 0 bridgehead atoms. The third-order valence-corrected chi connectivity index (χ3v) is 2.83. The highest BCUT2D eigenvalue weighted by Crippen LogP contribution is 2.21. The molecule has 1 N–H and O–H groups in total. The summed E-state index contributed by atoms with van der Waals surface area (Å²) in [6.45, 7) is 5.51. The molecule has 2 heteroatoms. The molecule has 0 aliphatic carbocycles. The first-order chi connectivity index (χ1) is 7.69. The summed E-state index contributed by atoms with van der Waals surface area (Å²) in [6.07, 6.45) is 5.11. The molecule has 1 nitrogen and oxygen atoms in total. The van der Waals surface area contributed by atoms with Crippen molar-refractivity contribution in [2.24, 2.45) is 0 Å². The number of halogens is 1. The fourth-order valence-corrected chi connectivity index (χ4v) is 1.83. The second-order valence-electron chi connectivity index (χ2n) is 4.07. The molecule has 0 radical (unpaired) electrons. The lowest BCUT2D eigenvalue weighted by molar-refractivity contribution is 0.527. The van der Waals surface area contributed by atoms with E-state index >= 15 is 0 Å². The second kappa shape index (κ2) is 6.44. The molecule has 1 rings (SSSR count). The molecule has 0 aliphatic rings. The molecule has 0 aromatic heterocycles. The zero-order chi connectivity index (χ0) is 12.0. The van der Waals surface area contributed by atoms with Crippen LogP contribution >= 0.6 is 0 Å². The Morgan fingerprint density at radius 1 is 1.50 bits per heavy atom. The van der Waals surface area contributed by atoms with Crippen molar-refractivity contribution in [2.45, 2.75) is 32.2 Å². The van der Waals surface area contributed by atoms with E-state index in [4.69, 9.17) is 0 Å². The highest BCUT2D eigenvalue weighted by Gasteiger charge is 2.09. The Morgan fingerprint density at radius 3 is 2.81 bits per heavy atom. The van der Waals surface area contributed by atoms with Gasteiger partial charge in [0.25, 0.3) is 0 Å². The van der Waals surface area contributed by atoms with Crippen LogP contribution in [0.1, 0.15) is 36.4 Å². The first kappa shape index (κ1) is 12.9. The topological polar surface area (TPSA) is 12.0 Å². The van der Waals surface area contributed by atoms with E-state index < -0.39 is 0 Å². The summed E-state index contributed by atoms with van der Waals surface area (Å²) in [5.74, 6) is -0.135. The summed E-state index contributed by atoms with van der Waals surface area (Å²) >= 11 is 0. The minimum atomic E-state index is -0.135. The first-order valence-electron chi connectivity index (χ1n) is 5.73. The standard InChI is InChI=1S/C14H20FN/c1-4-5-6-7-14(16-3)12-8-9-13(15)11(2)10-12/h4,8-10,14,16H,1,5-7H2,2-3H3. The third-order valence-electron chi connectivity index (χ3n) is 2.83. The summed E-state index contributed by atoms with van der Waals surface area (Å²) in [5, 5.41) is 3.27. The number of rotatable bonds is 6. The lowest BCUT2D eigenvalue weighted by Gasteiger charge is -2.17. The molecule has 1 aromatic rings. The van der Waals surface area contributed by atoms with E-state index in [-0.39, 0.29) is 5.82 Å². The number of unbranched alkanes of at least 4 members (excludes halogenated alkanes) is 1. The van der Waals surface area contributed by atoms with Gasteiger partial charge >= 0.3 is 0 Å². The van der Waals surface area contributed by atoms with Crippen molar-refractivity contribution in [3.63, 3.8) is 0 Å². The predicted molar refractivity (Wildman–Crippen MR) is 67.0 cm³/mol. The van der Waals surface area contributed by atoms with Gasteiger partial charge in [-0.25, -0.2) is 4.39 Å². The lowest BCUT2D eigenvalue weighted by Crippen LogP contribution is -2.16. The molecule has 0 amide bonds. The van der Waals surface area contributed by atoms with Crippen LogP contribution in [-0.4, -0.2) is 7.05 Å². The predicted octanol–water partition coefficient (Wildman–Crippen LogP) is 3.75. The molecular weight excluding hydrogens is 201 g/mol. The third kappa shape index (κ3) is 3.46. The van der Waals surface area contributed by atoms with Gasteiger partial charge in [0.15, 0.2) is 0 Å². The molecule has 1 unspecified atom stereocenters. The number of benzene rings is 1. The van der Waals surface area contributed by atoms with Gasteiger partial charge in [0.1, 0.15) is 5.82 Å². The molecule has 0 saturated carbocycles. The molecule has 88 valence electrons. The fourth-order valence-electron chi connectivity index (χ4n) is 1.83. The molecule has 1 aromatic carbocycles. The summed E-state index contributed by atoms with van der Waals surface area (Å²) in [5.41, 5.74) is 1.87. The molecule has 0 heterocycles. The number of aryl methyl sites for hydroxylation is 1. The maximum absolute atomic E-state index is 13.1. The summed E-state index contributed by atoms with van der Waals surface area (Å²) in [4.78, 5) is 0. The Morgan fingerprint density at radius 2 is 2.25 bits per heavy atom. The van der Waals surface area contributed by atoms with Gasteiger partial charge in [0.2, 0.25) is 0 Å². The average molecular weight is 221 g/mol. The first-order valence-corrected chi connectivity index (χ1v) is 5.73. The van der Waals surface area contributed by atoms with Gasteiger partial charge in [-0.05, 0) is 50.4 Å². The van der Waals surface area contributed by atoms with E-state index in [9.17, 15) is 4.39 Å². The average Bonchev–Trinajstić information content (AvgIpc) is 2.29. The number of hydrogen-bond acceptors (Lipinski definition) is 1. The normalized spacial score (nSPS) is 12.4. The van der Waals surface area contributed by atoms with E-state index in [1.807, 2.05) is 25.3 Å². The van der Waals surface area contributed by atoms with Crippen molar-refractivity contribution in [1.29, 1.82) is 0 Å². The van der Waals surface area contributed by atoms with Crippen molar-refractivity contribution < 1.29 is 4.39 Å². The van der Waals surface area contributed by atoms with Gasteiger partial charge in [-0.3, -0.25) is 0 Å². The quantitative estimate of drug-likeness (QED) is 0.570. The summed E-state index contributed by atoms with van der Waals surface area (Å²) in [6, 6.07) is 5.63. The Balaban J connectivity index is 2.70. The molecule has 16 heavy (non-hydrogen) atoms. The smallest absolute Gasteiger partial charge is 0.126 e. The highest BCUT2D eigenvalue weighted by atomic mass is 19.1. The highest BCUT2D eigenvalue weighted by molar-refractivity contribution is 5.26. The van der Waals surface area contributed by atoms with E-state index in [0.29, 0.717) is 11.6 Å². The van der Waals surface area contributed by atoms with Crippen molar-refractivity contribution >= 4 is 0 Å². The minimum Gasteiger partial charge on any atom is -0.313 e. The Labute approximate surface area is 97.4 Å². The molecule has 0 aliphatic heterocycles. The van der Waals surface area contributed by atoms with Crippen LogP contribution in [0.15, 0.2) is 30.9 Å². The van der Waals surface area contributed by atoms with Crippen LogP contribution in [0.2, 0.25) is 0 Å². The van der Waals surface area contributed by atoms with Gasteiger partial charge in [-0.1, -0.05) is 18.2 Å². The molecule has 0 spiro atoms. The number of allylic oxidation sites excluding steroid dienone is 1. The van der Waals surface area contributed by atoms with Crippen LogP contribution in [0.3, 0.4) is 0 Å². The second-order valence-corrected chi connectivity index (χ2v) is 4.07. The molecule has 0 saturated heterocycles. The van der Waals surface area contributed by atoms with Crippen LogP contribution in [0.5, 0.6) is 0 Å². The van der Waals surface area contributed by atoms with Gasteiger partial charge < -0.3 is 5.32 Å². The Kier molecular flexibility index (Phi) is 5.20. The van der Waals surface area contributed by atoms with Crippen LogP contribution < -0.4 is 5.32 Å². The fraction of sp³-hybridized carbons (Fsp3) is 0.429. The maximum atomic E-state index is 13.1. The van der Waals surface area contributed by atoms with E-state index in [0.717, 1.165) is 24.8 Å². The van der Waals surface area contributed by atoms with Crippen molar-refractivity contribution in [3.8, 4) is 0 Å². The Bertz CT molecular complexity index is 347. The zero-order valence-corrected chi connectivity index (χ0v) is 10.1. The van der Waals surface area contributed by atoms with Crippen molar-refractivity contribution in [2.75, 3.05) is 7.05 Å². The number of hydrogen-bond donors (Lipinski definition) is 1. The zero-order valence-electron chi connectivity index (χ0n) is 10.1. The minimum absolute atomic E-state index is 0.135. The van der Waals surface area contributed by atoms with Gasteiger partial charge in [0, 0.05) is 6.04 Å². The SMILES string of the molecule is C=CCCCC(NC)c1ccc(F)c(C)c1. The lowest BCUT2D eigenvalue weighted by atomic mass is 9.99. The van der Waals surface area contributed by atoms with Crippen molar-refractivity contribution in [3.05, 3.63) is 47.8 Å². The monoisotopic (exact) mass is 221 g/mol. The molecule has 1 atom stereocenters.